The predicted molar refractivity (Wildman–Crippen MR) is 378 cm³/mol. The van der Waals surface area contributed by atoms with E-state index in [-0.39, 0.29) is 139 Å². The van der Waals surface area contributed by atoms with Gasteiger partial charge in [-0.05, 0) is 111 Å². The highest BCUT2D eigenvalue weighted by molar-refractivity contribution is 8.00. The maximum absolute atomic E-state index is 14.0. The number of aliphatic hydroxyl groups excluding tert-OH is 2. The second-order valence-corrected chi connectivity index (χ2v) is 29.0. The molecule has 0 saturated carbocycles. The van der Waals surface area contributed by atoms with E-state index in [0.29, 0.717) is 65.8 Å². The summed E-state index contributed by atoms with van der Waals surface area (Å²) in [6.45, 7) is 9.41. The first-order valence-electron chi connectivity index (χ1n) is 33.8. The Morgan fingerprint density at radius 3 is 2.14 bits per heavy atom. The molecular formula is C71H93Cl2N9O18S. The van der Waals surface area contributed by atoms with Gasteiger partial charge in [0.2, 0.25) is 59.1 Å². The van der Waals surface area contributed by atoms with Crippen LogP contribution in [-0.2, 0) is 75.2 Å². The van der Waals surface area contributed by atoms with E-state index >= 15 is 0 Å². The number of fused-ring (bicyclic) bond motifs is 1. The number of unbranched alkanes of at least 4 members (excludes halogenated alkanes) is 3. The standard InChI is InChI=1S/C71H93Cl2N9O18S/c1-42(2)62(65(93)79-53(15-9-10-16-56(74)85)64(92)78-49-21-18-45(19-22-49)40-99-60(89)34-46-20-23-51-43(3)32-61(90)100-54(51)33-46)80-57(86)17-8-7-11-24-76-69(97)71(6,73)41-70(5,68(96)77-38-50(84)39-83)37-52(72)47-13-12-14-48(35-47)63(91)75-25-30-101-55-36-59(88)82(67(55)95)27-29-98-28-26-81-58(87)31-44(4)66(81)94/h12-14,18-23,32-33,35,42,44,50,52-53,55,62,83-84H,7-11,15-17,24-31,34,36-41H2,1-6H3,(H2,74,85)(H,75,91)(H,76,97)(H,77,96)(H,78,92)(H,79,93)(H,80,86). The zero-order valence-electron chi connectivity index (χ0n) is 57.8. The van der Waals surface area contributed by atoms with E-state index < -0.39 is 105 Å². The van der Waals surface area contributed by atoms with Gasteiger partial charge >= 0.3 is 11.6 Å². The van der Waals surface area contributed by atoms with E-state index in [2.05, 4.69) is 31.9 Å². The third-order valence-corrected chi connectivity index (χ3v) is 19.2. The lowest BCUT2D eigenvalue weighted by Crippen LogP contribution is -2.54. The number of ether oxygens (including phenoxy) is 2. The van der Waals surface area contributed by atoms with Gasteiger partial charge in [0.05, 0.1) is 61.5 Å². The number of imide groups is 2. The van der Waals surface area contributed by atoms with Crippen LogP contribution >= 0.6 is 35.0 Å². The van der Waals surface area contributed by atoms with Crippen LogP contribution in [0.15, 0.2) is 82.0 Å². The molecule has 10 N–H and O–H groups in total. The Labute approximate surface area is 600 Å². The molecule has 2 aliphatic heterocycles. The third kappa shape index (κ3) is 25.3. The number of likely N-dealkylation sites (tertiary alicyclic amines) is 2. The molecule has 2 fully saturated rings. The van der Waals surface area contributed by atoms with Crippen LogP contribution in [0.25, 0.3) is 11.0 Å². The van der Waals surface area contributed by atoms with Crippen LogP contribution in [0.3, 0.4) is 0 Å². The normalized spacial score (nSPS) is 17.0. The van der Waals surface area contributed by atoms with Crippen LogP contribution in [0.5, 0.6) is 0 Å². The smallest absolute Gasteiger partial charge is 0.336 e. The fourth-order valence-corrected chi connectivity index (χ4v) is 13.5. The highest BCUT2D eigenvalue weighted by Gasteiger charge is 2.45. The Bertz CT molecular complexity index is 3690. The van der Waals surface area contributed by atoms with Crippen molar-refractivity contribution in [1.29, 1.82) is 0 Å². The lowest BCUT2D eigenvalue weighted by Gasteiger charge is -2.36. The second-order valence-electron chi connectivity index (χ2n) is 26.3. The number of alkyl halides is 2. The molecule has 30 heteroatoms. The van der Waals surface area contributed by atoms with Gasteiger partial charge in [-0.15, -0.1) is 35.0 Å². The molecule has 101 heavy (non-hydrogen) atoms. The van der Waals surface area contributed by atoms with Crippen molar-refractivity contribution in [2.75, 3.05) is 63.6 Å². The van der Waals surface area contributed by atoms with Crippen LogP contribution in [0.4, 0.5) is 5.69 Å². The number of esters is 1. The number of nitrogens with zero attached hydrogens (tertiary/aromatic N) is 2. The number of aliphatic hydroxyl groups is 2. The molecule has 8 unspecified atom stereocenters. The van der Waals surface area contributed by atoms with Gasteiger partial charge in [0.1, 0.15) is 29.1 Å². The first-order valence-corrected chi connectivity index (χ1v) is 35.7. The maximum atomic E-state index is 14.0. The Morgan fingerprint density at radius 2 is 1.47 bits per heavy atom. The second kappa shape index (κ2) is 39.2. The molecule has 1 aromatic heterocycles. The number of anilines is 1. The summed E-state index contributed by atoms with van der Waals surface area (Å²) in [5.41, 5.74) is 6.79. The molecule has 3 heterocycles. The van der Waals surface area contributed by atoms with Crippen molar-refractivity contribution in [2.45, 2.75) is 165 Å². The van der Waals surface area contributed by atoms with Gasteiger partial charge in [0, 0.05) is 79.7 Å². The quantitative estimate of drug-likeness (QED) is 0.00935. The minimum absolute atomic E-state index is 0.0109. The minimum atomic E-state index is -1.70. The number of aryl methyl sites for hydroxylation is 1. The summed E-state index contributed by atoms with van der Waals surface area (Å²) in [6.07, 6.45) is 0.595. The molecule has 0 aliphatic carbocycles. The molecule has 550 valence electrons. The van der Waals surface area contributed by atoms with E-state index in [4.69, 9.17) is 42.8 Å². The SMILES string of the molecule is Cc1cc(=O)oc2cc(CC(=O)OCc3ccc(NC(=O)C(CCCCC(N)=O)NC(=O)C(NC(=O)CCCCCNC(=O)C(C)(Cl)CC(C)(CC(Cl)c4cccc(C(=O)NCCSC5CC(=O)N(CCOCCN6C(=O)CC(C)C6=O)C5=O)c4)C(=O)NCC(O)CO)C(C)C)cc3)ccc12. The first kappa shape index (κ1) is 81.7. The minimum Gasteiger partial charge on any atom is -0.461 e. The van der Waals surface area contributed by atoms with Gasteiger partial charge in [0.15, 0.2) is 0 Å². The Balaban J connectivity index is 0.932. The van der Waals surface area contributed by atoms with Gasteiger partial charge in [-0.1, -0.05) is 76.9 Å². The van der Waals surface area contributed by atoms with Crippen LogP contribution in [-0.4, -0.2) is 178 Å². The lowest BCUT2D eigenvalue weighted by molar-refractivity contribution is -0.144. The number of carbonyl (C=O) groups excluding carboxylic acids is 12. The number of amides is 11. The molecule has 0 spiro atoms. The van der Waals surface area contributed by atoms with E-state index in [9.17, 15) is 72.5 Å². The number of primary amides is 1. The lowest BCUT2D eigenvalue weighted by atomic mass is 9.75. The zero-order valence-corrected chi connectivity index (χ0v) is 60.1. The Morgan fingerprint density at radius 1 is 0.782 bits per heavy atom. The number of rotatable bonds is 42. The van der Waals surface area contributed by atoms with Gasteiger partial charge in [-0.3, -0.25) is 67.3 Å². The number of thioether (sulfide) groups is 1. The number of nitrogens with one attached hydrogen (secondary N) is 6. The molecule has 6 rings (SSSR count). The summed E-state index contributed by atoms with van der Waals surface area (Å²) >= 11 is 15.2. The molecule has 2 saturated heterocycles. The predicted octanol–water partition coefficient (Wildman–Crippen LogP) is 4.91. The van der Waals surface area contributed by atoms with Crippen molar-refractivity contribution in [2.24, 2.45) is 23.0 Å². The Kier molecular flexibility index (Phi) is 31.7. The van der Waals surface area contributed by atoms with E-state index in [0.717, 1.165) is 20.7 Å². The average Bonchev–Trinajstić information content (AvgIpc) is 1.77. The fourth-order valence-electron chi connectivity index (χ4n) is 11.6. The monoisotopic (exact) mass is 1460 g/mol. The molecule has 3 aromatic carbocycles. The molecule has 0 bridgehead atoms. The number of carbonyl (C=O) groups is 12. The first-order chi connectivity index (χ1) is 47.9. The topological polar surface area (TPSA) is 399 Å². The van der Waals surface area contributed by atoms with Gasteiger partial charge in [-0.2, -0.15) is 0 Å². The highest BCUT2D eigenvalue weighted by Crippen LogP contribution is 2.43. The highest BCUT2D eigenvalue weighted by atomic mass is 35.5. The summed E-state index contributed by atoms with van der Waals surface area (Å²) < 4.78 is 16.3. The fraction of sp³-hybridized carbons (Fsp3) is 0.535. The summed E-state index contributed by atoms with van der Waals surface area (Å²) in [4.78, 5) is 169. The molecule has 8 atom stereocenters. The zero-order chi connectivity index (χ0) is 74.1. The van der Waals surface area contributed by atoms with Gasteiger partial charge in [-0.25, -0.2) is 4.79 Å². The molecule has 2 aliphatic rings. The number of nitrogens with two attached hydrogens (primary N) is 1. The van der Waals surface area contributed by atoms with Gasteiger partial charge in [0.25, 0.3) is 5.91 Å². The van der Waals surface area contributed by atoms with Crippen LogP contribution in [0, 0.1) is 24.2 Å². The summed E-state index contributed by atoms with van der Waals surface area (Å²) in [5, 5.41) is 35.4. The van der Waals surface area contributed by atoms with Crippen LogP contribution < -0.4 is 43.3 Å². The number of hydrogen-bond acceptors (Lipinski definition) is 19. The van der Waals surface area contributed by atoms with Crippen molar-refractivity contribution in [3.05, 3.63) is 111 Å². The molecular weight excluding hydrogens is 1370 g/mol. The molecule has 11 amide bonds. The Hall–Kier alpha value is -8.28. The van der Waals surface area contributed by atoms with Crippen LogP contribution in [0.1, 0.15) is 150 Å². The summed E-state index contributed by atoms with van der Waals surface area (Å²) in [5.74, 6) is -6.07. The number of halogens is 2. The maximum Gasteiger partial charge on any atom is 0.336 e. The van der Waals surface area contributed by atoms with E-state index in [1.807, 2.05) is 0 Å². The van der Waals surface area contributed by atoms with Crippen molar-refractivity contribution in [1.82, 2.24) is 36.4 Å². The van der Waals surface area contributed by atoms with E-state index in [1.165, 1.54) is 24.8 Å². The van der Waals surface area contributed by atoms with Crippen molar-refractivity contribution in [3.8, 4) is 0 Å². The van der Waals surface area contributed by atoms with E-state index in [1.54, 1.807) is 101 Å². The van der Waals surface area contributed by atoms with Crippen LogP contribution in [0.2, 0.25) is 0 Å². The number of benzene rings is 3. The third-order valence-electron chi connectivity index (χ3n) is 17.3. The summed E-state index contributed by atoms with van der Waals surface area (Å²) in [6, 6.07) is 17.4. The molecule has 0 radical (unpaired) electrons. The van der Waals surface area contributed by atoms with Crippen molar-refractivity contribution < 1.29 is 81.6 Å². The average molecular weight is 1460 g/mol. The molecule has 27 nitrogen and oxygen atoms in total. The summed E-state index contributed by atoms with van der Waals surface area (Å²) in [7, 11) is 0. The molecule has 4 aromatic rings. The van der Waals surface area contributed by atoms with Gasteiger partial charge < -0.3 is 61.7 Å². The van der Waals surface area contributed by atoms with Crippen molar-refractivity contribution in [3.63, 3.8) is 0 Å². The number of hydrogen-bond donors (Lipinski definition) is 9. The van der Waals surface area contributed by atoms with Crippen molar-refractivity contribution >= 4 is 123 Å². The largest absolute Gasteiger partial charge is 0.461 e.